The van der Waals surface area contributed by atoms with Crippen LogP contribution in [0.3, 0.4) is 0 Å². The highest BCUT2D eigenvalue weighted by Crippen LogP contribution is 2.12. The van der Waals surface area contributed by atoms with Crippen LogP contribution in [-0.2, 0) is 19.5 Å². The number of likely N-dealkylation sites (tertiary alicyclic amines) is 1. The maximum Gasteiger partial charge on any atom is 0.345 e. The van der Waals surface area contributed by atoms with E-state index in [1.807, 2.05) is 0 Å². The number of carbonyl (C=O) groups excluding carboxylic acids is 1. The van der Waals surface area contributed by atoms with E-state index in [1.54, 1.807) is 9.25 Å². The molecule has 0 saturated carbocycles. The summed E-state index contributed by atoms with van der Waals surface area (Å²) in [5.74, 6) is 0.376. The number of fused-ring (bicyclic) bond motifs is 1. The second-order valence-electron chi connectivity index (χ2n) is 7.65. The third-order valence-electron chi connectivity index (χ3n) is 5.61. The molecule has 1 fully saturated rings. The molecule has 0 bridgehead atoms. The molecule has 1 aromatic heterocycles. The van der Waals surface area contributed by atoms with Crippen LogP contribution in [0.4, 0.5) is 4.39 Å². The molecule has 4 rings (SSSR count). The maximum absolute atomic E-state index is 13.0. The Labute approximate surface area is 163 Å². The van der Waals surface area contributed by atoms with Gasteiger partial charge in [-0.15, -0.1) is 0 Å². The molecule has 1 aromatic carbocycles. The van der Waals surface area contributed by atoms with Crippen LogP contribution in [0.1, 0.15) is 41.9 Å². The van der Waals surface area contributed by atoms with E-state index in [0.717, 1.165) is 64.1 Å². The summed E-state index contributed by atoms with van der Waals surface area (Å²) < 4.78 is 16.4. The SMILES string of the molecule is O=C(NC1CCCN(CCn2nc3n(c2=O)CCCC3)C1)c1ccc(F)cc1. The number of nitrogens with zero attached hydrogens (tertiary/aromatic N) is 4. The lowest BCUT2D eigenvalue weighted by Gasteiger charge is -2.33. The lowest BCUT2D eigenvalue weighted by molar-refractivity contribution is 0.0901. The van der Waals surface area contributed by atoms with Crippen LogP contribution in [0.5, 0.6) is 0 Å². The van der Waals surface area contributed by atoms with Gasteiger partial charge in [-0.1, -0.05) is 0 Å². The van der Waals surface area contributed by atoms with Gasteiger partial charge < -0.3 is 5.32 Å². The number of carbonyl (C=O) groups is 1. The fraction of sp³-hybridized carbons (Fsp3) is 0.550. The molecule has 0 spiro atoms. The van der Waals surface area contributed by atoms with Gasteiger partial charge in [0.15, 0.2) is 0 Å². The maximum atomic E-state index is 13.0. The molecule has 28 heavy (non-hydrogen) atoms. The number of piperidine rings is 1. The number of aryl methyl sites for hydroxylation is 1. The molecule has 8 heteroatoms. The molecule has 3 heterocycles. The van der Waals surface area contributed by atoms with Gasteiger partial charge in [0.05, 0.1) is 6.54 Å². The summed E-state index contributed by atoms with van der Waals surface area (Å²) >= 11 is 0. The van der Waals surface area contributed by atoms with Crippen LogP contribution < -0.4 is 11.0 Å². The van der Waals surface area contributed by atoms with Gasteiger partial charge in [-0.3, -0.25) is 14.3 Å². The molecule has 1 N–H and O–H groups in total. The van der Waals surface area contributed by atoms with Crippen molar-refractivity contribution in [3.8, 4) is 0 Å². The van der Waals surface area contributed by atoms with Gasteiger partial charge in [-0.05, 0) is 56.5 Å². The lowest BCUT2D eigenvalue weighted by Crippen LogP contribution is -2.48. The van der Waals surface area contributed by atoms with Gasteiger partial charge in [-0.2, -0.15) is 5.10 Å². The highest BCUT2D eigenvalue weighted by atomic mass is 19.1. The van der Waals surface area contributed by atoms with Crippen molar-refractivity contribution >= 4 is 5.91 Å². The summed E-state index contributed by atoms with van der Waals surface area (Å²) in [6.07, 6.45) is 4.92. The second kappa shape index (κ2) is 8.26. The van der Waals surface area contributed by atoms with Crippen LogP contribution in [0.15, 0.2) is 29.1 Å². The Kier molecular flexibility index (Phi) is 5.57. The van der Waals surface area contributed by atoms with E-state index in [2.05, 4.69) is 15.3 Å². The van der Waals surface area contributed by atoms with E-state index in [-0.39, 0.29) is 23.5 Å². The Morgan fingerprint density at radius 1 is 1.14 bits per heavy atom. The Bertz CT molecular complexity index is 889. The molecular weight excluding hydrogens is 361 g/mol. The third kappa shape index (κ3) is 4.16. The quantitative estimate of drug-likeness (QED) is 0.842. The minimum absolute atomic E-state index is 0.00660. The number of nitrogens with one attached hydrogen (secondary N) is 1. The molecule has 7 nitrogen and oxygen atoms in total. The van der Waals surface area contributed by atoms with E-state index in [0.29, 0.717) is 12.1 Å². The van der Waals surface area contributed by atoms with Crippen LogP contribution in [-0.4, -0.2) is 50.8 Å². The number of aromatic nitrogens is 3. The number of hydrogen-bond donors (Lipinski definition) is 1. The molecule has 1 amide bonds. The molecule has 1 unspecified atom stereocenters. The highest BCUT2D eigenvalue weighted by molar-refractivity contribution is 5.94. The van der Waals surface area contributed by atoms with E-state index in [9.17, 15) is 14.0 Å². The molecule has 150 valence electrons. The predicted molar refractivity (Wildman–Crippen MR) is 103 cm³/mol. The lowest BCUT2D eigenvalue weighted by atomic mass is 10.0. The van der Waals surface area contributed by atoms with Crippen molar-refractivity contribution in [2.45, 2.75) is 51.2 Å². The van der Waals surface area contributed by atoms with Crippen molar-refractivity contribution in [1.29, 1.82) is 0 Å². The molecule has 2 aliphatic heterocycles. The Balaban J connectivity index is 1.31. The number of amides is 1. The fourth-order valence-corrected chi connectivity index (χ4v) is 4.08. The average Bonchev–Trinajstić information content (AvgIpc) is 3.03. The van der Waals surface area contributed by atoms with E-state index >= 15 is 0 Å². The zero-order valence-corrected chi connectivity index (χ0v) is 15.9. The Hall–Kier alpha value is -2.48. The summed E-state index contributed by atoms with van der Waals surface area (Å²) in [6.45, 7) is 3.77. The van der Waals surface area contributed by atoms with Gasteiger partial charge in [-0.25, -0.2) is 13.9 Å². The Morgan fingerprint density at radius 3 is 2.75 bits per heavy atom. The standard InChI is InChI=1S/C20H26FN5O2/c21-16-8-6-15(7-9-16)19(27)22-17-4-3-10-24(14-17)12-13-26-20(28)25-11-2-1-5-18(25)23-26/h6-9,17H,1-5,10-14H2,(H,22,27). The van der Waals surface area contributed by atoms with Crippen molar-refractivity contribution in [3.05, 3.63) is 52.0 Å². The van der Waals surface area contributed by atoms with Gasteiger partial charge in [0.2, 0.25) is 0 Å². The first-order valence-corrected chi connectivity index (χ1v) is 10.1. The zero-order chi connectivity index (χ0) is 19.5. The zero-order valence-electron chi connectivity index (χ0n) is 15.9. The number of hydrogen-bond acceptors (Lipinski definition) is 4. The van der Waals surface area contributed by atoms with Gasteiger partial charge >= 0.3 is 5.69 Å². The topological polar surface area (TPSA) is 72.2 Å². The van der Waals surface area contributed by atoms with Crippen molar-refractivity contribution in [2.75, 3.05) is 19.6 Å². The number of rotatable bonds is 5. The van der Waals surface area contributed by atoms with Crippen molar-refractivity contribution < 1.29 is 9.18 Å². The Morgan fingerprint density at radius 2 is 1.96 bits per heavy atom. The summed E-state index contributed by atoms with van der Waals surface area (Å²) in [5.41, 5.74) is 0.460. The monoisotopic (exact) mass is 387 g/mol. The van der Waals surface area contributed by atoms with E-state index < -0.39 is 0 Å². The minimum atomic E-state index is -0.350. The minimum Gasteiger partial charge on any atom is -0.348 e. The second-order valence-corrected chi connectivity index (χ2v) is 7.65. The molecule has 0 radical (unpaired) electrons. The van der Waals surface area contributed by atoms with E-state index in [1.165, 1.54) is 24.3 Å². The van der Waals surface area contributed by atoms with Crippen LogP contribution in [0, 0.1) is 5.82 Å². The smallest absolute Gasteiger partial charge is 0.345 e. The highest BCUT2D eigenvalue weighted by Gasteiger charge is 2.23. The molecule has 2 aromatic rings. The van der Waals surface area contributed by atoms with Crippen LogP contribution in [0.25, 0.3) is 0 Å². The molecule has 1 atom stereocenters. The fourth-order valence-electron chi connectivity index (χ4n) is 4.08. The third-order valence-corrected chi connectivity index (χ3v) is 5.61. The molecule has 1 saturated heterocycles. The van der Waals surface area contributed by atoms with E-state index in [4.69, 9.17) is 0 Å². The largest absolute Gasteiger partial charge is 0.348 e. The van der Waals surface area contributed by atoms with Gasteiger partial charge in [0, 0.05) is 37.7 Å². The number of halogens is 1. The van der Waals surface area contributed by atoms with Crippen LogP contribution in [0.2, 0.25) is 0 Å². The van der Waals surface area contributed by atoms with Gasteiger partial charge in [0.1, 0.15) is 11.6 Å². The molecule has 2 aliphatic rings. The average molecular weight is 387 g/mol. The van der Waals surface area contributed by atoms with Crippen molar-refractivity contribution in [1.82, 2.24) is 24.6 Å². The summed E-state index contributed by atoms with van der Waals surface area (Å²) in [5, 5.41) is 7.53. The van der Waals surface area contributed by atoms with Crippen molar-refractivity contribution in [2.24, 2.45) is 0 Å². The van der Waals surface area contributed by atoms with Crippen molar-refractivity contribution in [3.63, 3.8) is 0 Å². The first-order chi connectivity index (χ1) is 13.6. The molecule has 0 aliphatic carbocycles. The summed E-state index contributed by atoms with van der Waals surface area (Å²) in [4.78, 5) is 27.1. The first kappa shape index (κ1) is 18.9. The number of benzene rings is 1. The normalized spacial score (nSPS) is 20.0. The molecular formula is C20H26FN5O2. The first-order valence-electron chi connectivity index (χ1n) is 10.1. The summed E-state index contributed by atoms with van der Waals surface area (Å²) in [7, 11) is 0. The van der Waals surface area contributed by atoms with Crippen LogP contribution >= 0.6 is 0 Å². The summed E-state index contributed by atoms with van der Waals surface area (Å²) in [6, 6.07) is 5.64. The predicted octanol–water partition coefficient (Wildman–Crippen LogP) is 1.41. The van der Waals surface area contributed by atoms with Gasteiger partial charge in [0.25, 0.3) is 5.91 Å².